The van der Waals surface area contributed by atoms with Gasteiger partial charge >= 0.3 is 0 Å². The van der Waals surface area contributed by atoms with Crippen LogP contribution in [0.25, 0.3) is 0 Å². The first-order chi connectivity index (χ1) is 6.61. The van der Waals surface area contributed by atoms with Gasteiger partial charge in [0.2, 0.25) is 5.91 Å². The van der Waals surface area contributed by atoms with E-state index in [1.54, 1.807) is 6.92 Å². The lowest BCUT2D eigenvalue weighted by atomic mass is 10.1. The van der Waals surface area contributed by atoms with E-state index in [-0.39, 0.29) is 18.4 Å². The number of nitrogens with one attached hydrogen (secondary N) is 1. The Bertz CT molecular complexity index is 164. The highest BCUT2D eigenvalue weighted by molar-refractivity contribution is 6.19. The highest BCUT2D eigenvalue weighted by atomic mass is 35.5. The number of halogens is 1. The molecule has 0 fully saturated rings. The van der Waals surface area contributed by atoms with Crippen molar-refractivity contribution in [3.8, 4) is 0 Å². The summed E-state index contributed by atoms with van der Waals surface area (Å²) in [5.41, 5.74) is 0. The van der Waals surface area contributed by atoms with Crippen molar-refractivity contribution in [1.29, 1.82) is 0 Å². The van der Waals surface area contributed by atoms with Crippen molar-refractivity contribution in [3.63, 3.8) is 0 Å². The number of aliphatic hydroxyl groups excluding tert-OH is 1. The van der Waals surface area contributed by atoms with Gasteiger partial charge in [0.1, 0.15) is 0 Å². The van der Waals surface area contributed by atoms with E-state index in [0.29, 0.717) is 18.3 Å². The summed E-state index contributed by atoms with van der Waals surface area (Å²) in [5.74, 6) is 0.569. The first-order valence-electron chi connectivity index (χ1n) is 5.06. The van der Waals surface area contributed by atoms with Crippen molar-refractivity contribution in [2.45, 2.75) is 26.7 Å². The second-order valence-electron chi connectivity index (χ2n) is 3.78. The summed E-state index contributed by atoms with van der Waals surface area (Å²) in [6.45, 7) is 4.68. The molecule has 0 spiro atoms. The Balaban J connectivity index is 3.40. The predicted octanol–water partition coefficient (Wildman–Crippen LogP) is 1.39. The molecule has 1 amide bonds. The third kappa shape index (κ3) is 6.22. The molecule has 0 rings (SSSR count). The van der Waals surface area contributed by atoms with Crippen LogP contribution in [-0.4, -0.2) is 30.0 Å². The SMILES string of the molecule is CC(CO)CCCNC(=O)C(C)CCl. The van der Waals surface area contributed by atoms with Gasteiger partial charge in [0.05, 0.1) is 0 Å². The summed E-state index contributed by atoms with van der Waals surface area (Å²) in [7, 11) is 0. The number of aliphatic hydroxyl groups is 1. The lowest BCUT2D eigenvalue weighted by molar-refractivity contribution is -0.123. The quantitative estimate of drug-likeness (QED) is 0.504. The first-order valence-corrected chi connectivity index (χ1v) is 5.59. The molecule has 2 N–H and O–H groups in total. The van der Waals surface area contributed by atoms with E-state index in [1.807, 2.05) is 6.92 Å². The topological polar surface area (TPSA) is 49.3 Å². The Labute approximate surface area is 90.8 Å². The summed E-state index contributed by atoms with van der Waals surface area (Å²) < 4.78 is 0. The van der Waals surface area contributed by atoms with Crippen molar-refractivity contribution in [1.82, 2.24) is 5.32 Å². The van der Waals surface area contributed by atoms with Gasteiger partial charge in [-0.2, -0.15) is 0 Å². The van der Waals surface area contributed by atoms with Crippen LogP contribution < -0.4 is 5.32 Å². The van der Waals surface area contributed by atoms with Gasteiger partial charge in [-0.25, -0.2) is 0 Å². The molecule has 0 aromatic carbocycles. The Morgan fingerprint density at radius 2 is 2.14 bits per heavy atom. The van der Waals surface area contributed by atoms with E-state index in [1.165, 1.54) is 0 Å². The fourth-order valence-corrected chi connectivity index (χ4v) is 1.14. The monoisotopic (exact) mass is 221 g/mol. The molecule has 4 heteroatoms. The summed E-state index contributed by atoms with van der Waals surface area (Å²) >= 11 is 5.54. The molecule has 0 aliphatic rings. The van der Waals surface area contributed by atoms with Crippen LogP contribution in [0.3, 0.4) is 0 Å². The van der Waals surface area contributed by atoms with Gasteiger partial charge in [-0.1, -0.05) is 13.8 Å². The maximum Gasteiger partial charge on any atom is 0.224 e. The van der Waals surface area contributed by atoms with Crippen LogP contribution in [0.2, 0.25) is 0 Å². The van der Waals surface area contributed by atoms with Gasteiger partial charge in [-0.05, 0) is 18.8 Å². The van der Waals surface area contributed by atoms with Crippen molar-refractivity contribution in [2.24, 2.45) is 11.8 Å². The lowest BCUT2D eigenvalue weighted by Crippen LogP contribution is -2.31. The Kier molecular flexibility index (Phi) is 7.90. The molecule has 3 nitrogen and oxygen atoms in total. The number of hydrogen-bond donors (Lipinski definition) is 2. The van der Waals surface area contributed by atoms with E-state index in [9.17, 15) is 4.79 Å². The van der Waals surface area contributed by atoms with Crippen molar-refractivity contribution in [2.75, 3.05) is 19.0 Å². The molecule has 0 radical (unpaired) electrons. The van der Waals surface area contributed by atoms with E-state index >= 15 is 0 Å². The van der Waals surface area contributed by atoms with Crippen molar-refractivity contribution in [3.05, 3.63) is 0 Å². The number of hydrogen-bond acceptors (Lipinski definition) is 2. The summed E-state index contributed by atoms with van der Waals surface area (Å²) in [4.78, 5) is 11.2. The molecule has 0 aromatic heterocycles. The minimum atomic E-state index is -0.119. The second-order valence-corrected chi connectivity index (χ2v) is 4.08. The molecule has 0 aliphatic heterocycles. The zero-order chi connectivity index (χ0) is 11.0. The molecular weight excluding hydrogens is 202 g/mol. The van der Waals surface area contributed by atoms with Gasteiger partial charge in [0.15, 0.2) is 0 Å². The zero-order valence-corrected chi connectivity index (χ0v) is 9.68. The zero-order valence-electron chi connectivity index (χ0n) is 8.92. The average molecular weight is 222 g/mol. The normalized spacial score (nSPS) is 14.9. The third-order valence-corrected chi connectivity index (χ3v) is 2.63. The highest BCUT2D eigenvalue weighted by Crippen LogP contribution is 2.03. The first kappa shape index (κ1) is 13.7. The van der Waals surface area contributed by atoms with Crippen LogP contribution in [0, 0.1) is 11.8 Å². The molecule has 14 heavy (non-hydrogen) atoms. The van der Waals surface area contributed by atoms with Gasteiger partial charge in [-0.3, -0.25) is 4.79 Å². The molecular formula is C10H20ClNO2. The average Bonchev–Trinajstić information content (AvgIpc) is 2.22. The number of alkyl halides is 1. The molecule has 0 aromatic rings. The molecule has 84 valence electrons. The number of amides is 1. The Morgan fingerprint density at radius 3 is 2.64 bits per heavy atom. The van der Waals surface area contributed by atoms with Crippen LogP contribution >= 0.6 is 11.6 Å². The second kappa shape index (κ2) is 8.06. The minimum Gasteiger partial charge on any atom is -0.396 e. The molecule has 2 unspecified atom stereocenters. The molecule has 0 heterocycles. The van der Waals surface area contributed by atoms with E-state index in [0.717, 1.165) is 12.8 Å². The van der Waals surface area contributed by atoms with Crippen LogP contribution in [-0.2, 0) is 4.79 Å². The Hall–Kier alpha value is -0.280. The molecule has 0 saturated heterocycles. The number of carbonyl (C=O) groups is 1. The van der Waals surface area contributed by atoms with Crippen LogP contribution in [0.15, 0.2) is 0 Å². The fourth-order valence-electron chi connectivity index (χ4n) is 0.998. The largest absolute Gasteiger partial charge is 0.396 e. The summed E-state index contributed by atoms with van der Waals surface area (Å²) in [6.07, 6.45) is 1.84. The summed E-state index contributed by atoms with van der Waals surface area (Å²) in [5, 5.41) is 11.6. The van der Waals surface area contributed by atoms with Crippen LogP contribution in [0.1, 0.15) is 26.7 Å². The smallest absolute Gasteiger partial charge is 0.224 e. The minimum absolute atomic E-state index is 0.0108. The van der Waals surface area contributed by atoms with Crippen LogP contribution in [0.5, 0.6) is 0 Å². The van der Waals surface area contributed by atoms with Gasteiger partial charge in [0, 0.05) is 24.9 Å². The van der Waals surface area contributed by atoms with Gasteiger partial charge in [-0.15, -0.1) is 11.6 Å². The highest BCUT2D eigenvalue weighted by Gasteiger charge is 2.10. The van der Waals surface area contributed by atoms with E-state index < -0.39 is 0 Å². The molecule has 0 saturated carbocycles. The van der Waals surface area contributed by atoms with Gasteiger partial charge < -0.3 is 10.4 Å². The van der Waals surface area contributed by atoms with Crippen LogP contribution in [0.4, 0.5) is 0 Å². The predicted molar refractivity (Wildman–Crippen MR) is 58.4 cm³/mol. The van der Waals surface area contributed by atoms with Gasteiger partial charge in [0.25, 0.3) is 0 Å². The number of rotatable bonds is 7. The standard InChI is InChI=1S/C10H20ClNO2/c1-8(7-13)4-3-5-12-10(14)9(2)6-11/h8-9,13H,3-7H2,1-2H3,(H,12,14). The third-order valence-electron chi connectivity index (χ3n) is 2.16. The summed E-state index contributed by atoms with van der Waals surface area (Å²) in [6, 6.07) is 0. The Morgan fingerprint density at radius 1 is 1.50 bits per heavy atom. The fraction of sp³-hybridized carbons (Fsp3) is 0.900. The lowest BCUT2D eigenvalue weighted by Gasteiger charge is -2.10. The molecule has 2 atom stereocenters. The van der Waals surface area contributed by atoms with Crippen molar-refractivity contribution >= 4 is 17.5 Å². The molecule has 0 bridgehead atoms. The van der Waals surface area contributed by atoms with E-state index in [4.69, 9.17) is 16.7 Å². The maximum absolute atomic E-state index is 11.2. The van der Waals surface area contributed by atoms with Crippen molar-refractivity contribution < 1.29 is 9.90 Å². The van der Waals surface area contributed by atoms with E-state index in [2.05, 4.69) is 5.32 Å². The maximum atomic E-state index is 11.2. The number of carbonyl (C=O) groups excluding carboxylic acids is 1. The molecule has 0 aliphatic carbocycles.